The lowest BCUT2D eigenvalue weighted by atomic mass is 9.47. The quantitative estimate of drug-likeness (QED) is 0.260. The van der Waals surface area contributed by atoms with Crippen molar-refractivity contribution in [1.82, 2.24) is 0 Å². The van der Waals surface area contributed by atoms with Gasteiger partial charge in [-0.3, -0.25) is 0 Å². The number of rotatable bonds is 6. The van der Waals surface area contributed by atoms with Crippen LogP contribution in [0.25, 0.3) is 0 Å². The predicted molar refractivity (Wildman–Crippen MR) is 152 cm³/mol. The minimum Gasteiger partial charge on any atom is -0.414 e. The molecule has 0 aliphatic heterocycles. The molecule has 3 fully saturated rings. The minimum absolute atomic E-state index is 0.278. The highest BCUT2D eigenvalue weighted by Gasteiger charge is 2.62. The Kier molecular flexibility index (Phi) is 7.18. The van der Waals surface area contributed by atoms with Gasteiger partial charge in [0.25, 0.3) is 0 Å². The molecule has 0 spiro atoms. The van der Waals surface area contributed by atoms with Crippen molar-refractivity contribution >= 4 is 25.0 Å². The van der Waals surface area contributed by atoms with Crippen LogP contribution in [0.1, 0.15) is 58.8 Å². The molecule has 3 nitrogen and oxygen atoms in total. The van der Waals surface area contributed by atoms with Gasteiger partial charge in [-0.1, -0.05) is 25.5 Å². The van der Waals surface area contributed by atoms with Crippen LogP contribution in [0.15, 0.2) is 11.6 Å². The Bertz CT molecular complexity index is 792. The van der Waals surface area contributed by atoms with Crippen molar-refractivity contribution in [2.75, 3.05) is 0 Å². The van der Waals surface area contributed by atoms with Crippen molar-refractivity contribution < 1.29 is 13.3 Å². The first-order valence-corrected chi connectivity index (χ1v) is 24.4. The molecule has 0 aromatic carbocycles. The van der Waals surface area contributed by atoms with Crippen molar-refractivity contribution in [2.45, 2.75) is 136 Å². The predicted octanol–water partition coefficient (Wildman–Crippen LogP) is 8.22. The molecule has 0 heterocycles. The van der Waals surface area contributed by atoms with Crippen LogP contribution < -0.4 is 0 Å². The molecule has 34 heavy (non-hydrogen) atoms. The fourth-order valence-corrected chi connectivity index (χ4v) is 11.8. The largest absolute Gasteiger partial charge is 0.414 e. The van der Waals surface area contributed by atoms with E-state index in [9.17, 15) is 0 Å². The average molecular weight is 523 g/mol. The lowest BCUT2D eigenvalue weighted by Crippen LogP contribution is -2.57. The van der Waals surface area contributed by atoms with Gasteiger partial charge >= 0.3 is 0 Å². The summed E-state index contributed by atoms with van der Waals surface area (Å²) in [5.74, 6) is 2.11. The topological polar surface area (TPSA) is 27.7 Å². The van der Waals surface area contributed by atoms with Crippen molar-refractivity contribution in [2.24, 2.45) is 28.6 Å². The molecule has 0 amide bonds. The Hall–Kier alpha value is 0.271. The second kappa shape index (κ2) is 8.94. The third-order valence-electron chi connectivity index (χ3n) is 9.48. The van der Waals surface area contributed by atoms with Gasteiger partial charge in [-0.2, -0.15) is 0 Å². The second-order valence-corrected chi connectivity index (χ2v) is 28.9. The molecule has 0 aromatic heterocycles. The zero-order valence-corrected chi connectivity index (χ0v) is 27.2. The van der Waals surface area contributed by atoms with Crippen LogP contribution in [-0.4, -0.2) is 43.3 Å². The summed E-state index contributed by atoms with van der Waals surface area (Å²) < 4.78 is 20.6. The third-order valence-corrected chi connectivity index (χ3v) is 12.5. The standard InChI is InChI=1S/C28H54O3Si3/c1-27-16-14-21(29-32(3,4)5)18-20(27)19-24(30-33(6,7)8)26-22-12-13-25(31-34(9,10)11)28(22,2)17-15-23(26)27/h19,21-26H,12-18H2,1-11H3/t21-,22?,23?,24+,25-,26?,27-,28-/m0/s1. The number of fused-ring (bicyclic) bond motifs is 5. The molecular formula is C28H54O3Si3. The molecule has 3 saturated carbocycles. The summed E-state index contributed by atoms with van der Waals surface area (Å²) in [5, 5.41) is 0. The maximum atomic E-state index is 7.07. The van der Waals surface area contributed by atoms with Crippen LogP contribution in [0.4, 0.5) is 0 Å². The van der Waals surface area contributed by atoms with E-state index < -0.39 is 25.0 Å². The van der Waals surface area contributed by atoms with Crippen LogP contribution in [-0.2, 0) is 13.3 Å². The Morgan fingerprint density at radius 1 is 0.706 bits per heavy atom. The summed E-state index contributed by atoms with van der Waals surface area (Å²) in [5.41, 5.74) is 2.30. The maximum Gasteiger partial charge on any atom is 0.184 e. The lowest BCUT2D eigenvalue weighted by Gasteiger charge is -2.60. The van der Waals surface area contributed by atoms with Crippen molar-refractivity contribution in [3.8, 4) is 0 Å². The first kappa shape index (κ1) is 27.3. The molecular weight excluding hydrogens is 469 g/mol. The summed E-state index contributed by atoms with van der Waals surface area (Å²) >= 11 is 0. The smallest absolute Gasteiger partial charge is 0.184 e. The van der Waals surface area contributed by atoms with E-state index in [1.54, 1.807) is 5.57 Å². The molecule has 196 valence electrons. The molecule has 0 radical (unpaired) electrons. The van der Waals surface area contributed by atoms with E-state index in [4.69, 9.17) is 13.3 Å². The summed E-state index contributed by atoms with van der Waals surface area (Å²) in [7, 11) is -4.77. The molecule has 8 atom stereocenters. The lowest BCUT2D eigenvalue weighted by molar-refractivity contribution is -0.0981. The Balaban J connectivity index is 1.68. The molecule has 3 unspecified atom stereocenters. The second-order valence-electron chi connectivity index (χ2n) is 15.5. The van der Waals surface area contributed by atoms with Gasteiger partial charge in [-0.05, 0) is 132 Å². The molecule has 6 heteroatoms. The van der Waals surface area contributed by atoms with Crippen LogP contribution >= 0.6 is 0 Å². The summed E-state index contributed by atoms with van der Waals surface area (Å²) in [6.45, 7) is 26.4. The van der Waals surface area contributed by atoms with E-state index in [-0.39, 0.29) is 6.10 Å². The van der Waals surface area contributed by atoms with Gasteiger partial charge in [0.2, 0.25) is 0 Å². The van der Waals surface area contributed by atoms with Gasteiger partial charge in [0.05, 0.1) is 12.2 Å². The monoisotopic (exact) mass is 522 g/mol. The molecule has 0 bridgehead atoms. The van der Waals surface area contributed by atoms with E-state index in [2.05, 4.69) is 78.8 Å². The Morgan fingerprint density at radius 2 is 1.32 bits per heavy atom. The van der Waals surface area contributed by atoms with Crippen LogP contribution in [0.3, 0.4) is 0 Å². The van der Waals surface area contributed by atoms with E-state index in [0.717, 1.165) is 18.3 Å². The van der Waals surface area contributed by atoms with E-state index in [1.165, 1.54) is 38.5 Å². The fourth-order valence-electron chi connectivity index (χ4n) is 8.28. The normalized spacial score (nSPS) is 43.1. The molecule has 0 saturated heterocycles. The zero-order valence-electron chi connectivity index (χ0n) is 24.2. The third kappa shape index (κ3) is 5.42. The Morgan fingerprint density at radius 3 is 1.91 bits per heavy atom. The molecule has 4 aliphatic carbocycles. The molecule has 4 rings (SSSR count). The summed E-state index contributed by atoms with van der Waals surface area (Å²) in [4.78, 5) is 0. The minimum atomic E-state index is -1.67. The maximum absolute atomic E-state index is 7.07. The molecule has 0 aromatic rings. The van der Waals surface area contributed by atoms with Gasteiger partial charge < -0.3 is 13.3 Å². The Labute approximate surface area is 214 Å². The zero-order chi connectivity index (χ0) is 25.3. The van der Waals surface area contributed by atoms with Gasteiger partial charge in [0.15, 0.2) is 25.0 Å². The van der Waals surface area contributed by atoms with E-state index >= 15 is 0 Å². The molecule has 0 N–H and O–H groups in total. The van der Waals surface area contributed by atoms with Crippen LogP contribution in [0.2, 0.25) is 58.9 Å². The van der Waals surface area contributed by atoms with Gasteiger partial charge in [0, 0.05) is 6.10 Å². The van der Waals surface area contributed by atoms with Gasteiger partial charge in [0.1, 0.15) is 0 Å². The summed E-state index contributed by atoms with van der Waals surface area (Å²) in [6, 6.07) is 0. The summed E-state index contributed by atoms with van der Waals surface area (Å²) in [6.07, 6.45) is 12.6. The average Bonchev–Trinajstić information content (AvgIpc) is 2.95. The highest BCUT2D eigenvalue weighted by Crippen LogP contribution is 2.66. The fraction of sp³-hybridized carbons (Fsp3) is 0.929. The van der Waals surface area contributed by atoms with Gasteiger partial charge in [-0.15, -0.1) is 0 Å². The van der Waals surface area contributed by atoms with Gasteiger partial charge in [-0.25, -0.2) is 0 Å². The SMILES string of the molecule is C[C@]12CC[C@H](O[Si](C)(C)C)CC1=C[C@@H](O[Si](C)(C)C)C1C2CC[C@@]2(C)C1CC[C@@H]2O[Si](C)(C)C. The highest BCUT2D eigenvalue weighted by atomic mass is 28.4. The molecule has 4 aliphatic rings. The highest BCUT2D eigenvalue weighted by molar-refractivity contribution is 6.70. The van der Waals surface area contributed by atoms with E-state index in [1.807, 2.05) is 0 Å². The number of hydrogen-bond donors (Lipinski definition) is 0. The number of hydrogen-bond acceptors (Lipinski definition) is 3. The van der Waals surface area contributed by atoms with Crippen molar-refractivity contribution in [1.29, 1.82) is 0 Å². The van der Waals surface area contributed by atoms with Crippen molar-refractivity contribution in [3.05, 3.63) is 11.6 Å². The van der Waals surface area contributed by atoms with E-state index in [0.29, 0.717) is 29.0 Å². The van der Waals surface area contributed by atoms with Crippen molar-refractivity contribution in [3.63, 3.8) is 0 Å². The first-order valence-electron chi connectivity index (χ1n) is 14.2. The van der Waals surface area contributed by atoms with Crippen LogP contribution in [0, 0.1) is 28.6 Å². The van der Waals surface area contributed by atoms with Crippen LogP contribution in [0.5, 0.6) is 0 Å². The first-order chi connectivity index (χ1) is 15.4.